The lowest BCUT2D eigenvalue weighted by Gasteiger charge is -2.29. The molecule has 0 N–H and O–H groups in total. The highest BCUT2D eigenvalue weighted by Crippen LogP contribution is 2.31. The number of quaternary nitrogens is 1. The molecule has 0 bridgehead atoms. The molecule has 3 nitrogen and oxygen atoms in total. The van der Waals surface area contributed by atoms with Gasteiger partial charge in [-0.2, -0.15) is 0 Å². The van der Waals surface area contributed by atoms with E-state index in [9.17, 15) is 4.79 Å². The molecular formula is C10H18NO2+. The van der Waals surface area contributed by atoms with E-state index in [2.05, 4.69) is 25.4 Å². The van der Waals surface area contributed by atoms with Crippen molar-refractivity contribution < 1.29 is 14.0 Å². The van der Waals surface area contributed by atoms with Gasteiger partial charge in [-0.1, -0.05) is 6.58 Å². The van der Waals surface area contributed by atoms with Gasteiger partial charge in [-0.05, 0) is 0 Å². The third-order valence-corrected chi connectivity index (χ3v) is 2.61. The predicted octanol–water partition coefficient (Wildman–Crippen LogP) is 0.954. The molecule has 0 amide bonds. The highest BCUT2D eigenvalue weighted by Gasteiger charge is 2.39. The van der Waals surface area contributed by atoms with Crippen LogP contribution in [0.2, 0.25) is 0 Å². The maximum Gasteiger partial charge on any atom is 0.338 e. The van der Waals surface area contributed by atoms with Crippen LogP contribution in [0, 0.1) is 0 Å². The van der Waals surface area contributed by atoms with Crippen molar-refractivity contribution in [1.29, 1.82) is 0 Å². The number of hydrogen-bond donors (Lipinski definition) is 0. The third kappa shape index (κ3) is 2.56. The van der Waals surface area contributed by atoms with Gasteiger partial charge in [-0.25, -0.2) is 4.79 Å². The number of nitrogens with zero attached hydrogens (tertiary/aromatic N) is 1. The van der Waals surface area contributed by atoms with Crippen molar-refractivity contribution in [3.63, 3.8) is 0 Å². The molecule has 0 radical (unpaired) electrons. The lowest BCUT2D eigenvalue weighted by atomic mass is 10.2. The van der Waals surface area contributed by atoms with Crippen LogP contribution in [-0.4, -0.2) is 44.2 Å². The Balaban J connectivity index is 2.47. The number of ether oxygens (including phenoxy) is 1. The zero-order chi connectivity index (χ0) is 10.1. The van der Waals surface area contributed by atoms with Crippen LogP contribution in [0.15, 0.2) is 12.2 Å². The first-order valence-corrected chi connectivity index (χ1v) is 4.56. The summed E-state index contributed by atoms with van der Waals surface area (Å²) in [5.41, 5.74) is 0.569. The van der Waals surface area contributed by atoms with Crippen molar-refractivity contribution in [2.75, 3.05) is 27.7 Å². The van der Waals surface area contributed by atoms with Gasteiger partial charge in [0, 0.05) is 12.8 Å². The Morgan fingerprint density at radius 3 is 2.46 bits per heavy atom. The van der Waals surface area contributed by atoms with E-state index >= 15 is 0 Å². The summed E-state index contributed by atoms with van der Waals surface area (Å²) in [6.45, 7) is 4.42. The SMILES string of the molecule is C=C(C[N+](C)(C)C1CC1)C(=O)OC. The van der Waals surface area contributed by atoms with Gasteiger partial charge in [0.15, 0.2) is 0 Å². The molecular weight excluding hydrogens is 166 g/mol. The van der Waals surface area contributed by atoms with Gasteiger partial charge in [0.1, 0.15) is 6.54 Å². The van der Waals surface area contributed by atoms with Crippen LogP contribution in [0.3, 0.4) is 0 Å². The second kappa shape index (κ2) is 3.50. The van der Waals surface area contributed by atoms with Gasteiger partial charge in [0.2, 0.25) is 0 Å². The Morgan fingerprint density at radius 2 is 2.08 bits per heavy atom. The van der Waals surface area contributed by atoms with Gasteiger partial charge in [-0.3, -0.25) is 0 Å². The Bertz CT molecular complexity index is 229. The number of carbonyl (C=O) groups is 1. The van der Waals surface area contributed by atoms with E-state index in [1.165, 1.54) is 20.0 Å². The average molecular weight is 184 g/mol. The Kier molecular flexibility index (Phi) is 2.76. The summed E-state index contributed by atoms with van der Waals surface area (Å²) in [5, 5.41) is 0. The minimum absolute atomic E-state index is 0.285. The third-order valence-electron chi connectivity index (χ3n) is 2.61. The van der Waals surface area contributed by atoms with E-state index in [1.54, 1.807) is 0 Å². The predicted molar refractivity (Wildman–Crippen MR) is 51.2 cm³/mol. The quantitative estimate of drug-likeness (QED) is 0.369. The van der Waals surface area contributed by atoms with E-state index in [4.69, 9.17) is 0 Å². The molecule has 0 aromatic heterocycles. The van der Waals surface area contributed by atoms with Crippen molar-refractivity contribution in [2.45, 2.75) is 18.9 Å². The molecule has 1 fully saturated rings. The second-order valence-electron chi connectivity index (χ2n) is 4.26. The average Bonchev–Trinajstić information content (AvgIpc) is 2.84. The first kappa shape index (κ1) is 10.3. The summed E-state index contributed by atoms with van der Waals surface area (Å²) in [6.07, 6.45) is 2.53. The molecule has 1 rings (SSSR count). The number of esters is 1. The molecule has 0 aromatic rings. The normalized spacial score (nSPS) is 16.8. The minimum Gasteiger partial charge on any atom is -0.466 e. The van der Waals surface area contributed by atoms with Crippen molar-refractivity contribution in [3.05, 3.63) is 12.2 Å². The zero-order valence-electron chi connectivity index (χ0n) is 8.67. The highest BCUT2D eigenvalue weighted by atomic mass is 16.5. The lowest BCUT2D eigenvalue weighted by molar-refractivity contribution is -0.896. The Morgan fingerprint density at radius 1 is 1.54 bits per heavy atom. The van der Waals surface area contributed by atoms with Gasteiger partial charge in [0.05, 0.1) is 32.8 Å². The van der Waals surface area contributed by atoms with Gasteiger partial charge in [-0.15, -0.1) is 0 Å². The summed E-state index contributed by atoms with van der Waals surface area (Å²) in [5.74, 6) is -0.285. The largest absolute Gasteiger partial charge is 0.466 e. The number of likely N-dealkylation sites (N-methyl/N-ethyl adjacent to an activating group) is 1. The zero-order valence-corrected chi connectivity index (χ0v) is 8.67. The van der Waals surface area contributed by atoms with E-state index in [0.717, 1.165) is 4.48 Å². The number of carbonyl (C=O) groups excluding carboxylic acids is 1. The molecule has 1 saturated carbocycles. The van der Waals surface area contributed by atoms with Crippen LogP contribution < -0.4 is 0 Å². The molecule has 0 aromatic carbocycles. The first-order chi connectivity index (χ1) is 5.97. The molecule has 13 heavy (non-hydrogen) atoms. The summed E-state index contributed by atoms with van der Waals surface area (Å²) in [6, 6.07) is 0.710. The maximum absolute atomic E-state index is 11.1. The molecule has 0 aliphatic heterocycles. The molecule has 0 unspecified atom stereocenters. The molecule has 74 valence electrons. The van der Waals surface area contributed by atoms with Crippen LogP contribution in [0.1, 0.15) is 12.8 Å². The number of methoxy groups -OCH3 is 1. The van der Waals surface area contributed by atoms with Crippen LogP contribution in [0.5, 0.6) is 0 Å². The van der Waals surface area contributed by atoms with Gasteiger partial charge >= 0.3 is 5.97 Å². The fraction of sp³-hybridized carbons (Fsp3) is 0.700. The standard InChI is InChI=1S/C10H18NO2/c1-8(10(12)13-4)7-11(2,3)9-5-6-9/h9H,1,5-7H2,2-4H3/q+1. The first-order valence-electron chi connectivity index (χ1n) is 4.56. The van der Waals surface area contributed by atoms with E-state index < -0.39 is 0 Å². The monoisotopic (exact) mass is 184 g/mol. The molecule has 0 atom stereocenters. The van der Waals surface area contributed by atoms with E-state index in [1.807, 2.05) is 0 Å². The van der Waals surface area contributed by atoms with Gasteiger partial charge in [0.25, 0.3) is 0 Å². The van der Waals surface area contributed by atoms with Crippen molar-refractivity contribution in [3.8, 4) is 0 Å². The fourth-order valence-electron chi connectivity index (χ4n) is 1.60. The van der Waals surface area contributed by atoms with E-state index in [-0.39, 0.29) is 5.97 Å². The minimum atomic E-state index is -0.285. The second-order valence-corrected chi connectivity index (χ2v) is 4.26. The lowest BCUT2D eigenvalue weighted by Crippen LogP contribution is -2.44. The van der Waals surface area contributed by atoms with Crippen molar-refractivity contribution >= 4 is 5.97 Å². The summed E-state index contributed by atoms with van der Waals surface area (Å²) >= 11 is 0. The van der Waals surface area contributed by atoms with Gasteiger partial charge < -0.3 is 9.22 Å². The Labute approximate surface area is 79.6 Å². The smallest absolute Gasteiger partial charge is 0.338 e. The van der Waals surface area contributed by atoms with Crippen LogP contribution in [0.25, 0.3) is 0 Å². The molecule has 1 aliphatic carbocycles. The summed E-state index contributed by atoms with van der Waals surface area (Å²) in [4.78, 5) is 11.1. The molecule has 0 saturated heterocycles. The molecule has 1 aliphatic rings. The van der Waals surface area contributed by atoms with Crippen LogP contribution >= 0.6 is 0 Å². The highest BCUT2D eigenvalue weighted by molar-refractivity contribution is 5.87. The van der Waals surface area contributed by atoms with E-state index in [0.29, 0.717) is 18.2 Å². The maximum atomic E-state index is 11.1. The van der Waals surface area contributed by atoms with Crippen molar-refractivity contribution in [2.24, 2.45) is 0 Å². The molecule has 0 heterocycles. The van der Waals surface area contributed by atoms with Crippen LogP contribution in [-0.2, 0) is 9.53 Å². The fourth-order valence-corrected chi connectivity index (χ4v) is 1.60. The number of hydrogen-bond acceptors (Lipinski definition) is 2. The topological polar surface area (TPSA) is 26.3 Å². The van der Waals surface area contributed by atoms with Crippen molar-refractivity contribution in [1.82, 2.24) is 0 Å². The number of rotatable bonds is 4. The van der Waals surface area contributed by atoms with Crippen LogP contribution in [0.4, 0.5) is 0 Å². The Hall–Kier alpha value is -0.830. The molecule has 0 spiro atoms. The molecule has 3 heteroatoms. The summed E-state index contributed by atoms with van der Waals surface area (Å²) in [7, 11) is 5.65. The summed E-state index contributed by atoms with van der Waals surface area (Å²) < 4.78 is 5.46.